The summed E-state index contributed by atoms with van der Waals surface area (Å²) in [5.41, 5.74) is 1.23. The van der Waals surface area contributed by atoms with Crippen LogP contribution >= 0.6 is 11.3 Å². The van der Waals surface area contributed by atoms with Crippen LogP contribution in [0.3, 0.4) is 0 Å². The van der Waals surface area contributed by atoms with Gasteiger partial charge in [-0.3, -0.25) is 14.6 Å². The second-order valence-corrected chi connectivity index (χ2v) is 6.52. The Hall–Kier alpha value is -2.80. The van der Waals surface area contributed by atoms with Gasteiger partial charge in [0, 0.05) is 29.2 Å². The molecule has 2 amide bonds. The van der Waals surface area contributed by atoms with Gasteiger partial charge in [0.05, 0.1) is 16.8 Å². The Balaban J connectivity index is 1.59. The fourth-order valence-electron chi connectivity index (χ4n) is 2.50. The molecule has 3 aromatic rings. The molecule has 128 valence electrons. The van der Waals surface area contributed by atoms with Crippen LogP contribution in [0, 0.1) is 12.7 Å². The molecular weight excluding hydrogens is 341 g/mol. The number of carbonyl (C=O) groups is 2. The highest BCUT2D eigenvalue weighted by atomic mass is 32.1. The summed E-state index contributed by atoms with van der Waals surface area (Å²) in [4.78, 5) is 28.5. The van der Waals surface area contributed by atoms with Gasteiger partial charge in [-0.2, -0.15) is 0 Å². The molecule has 2 aromatic heterocycles. The molecule has 25 heavy (non-hydrogen) atoms. The average Bonchev–Trinajstić information content (AvgIpc) is 2.94. The van der Waals surface area contributed by atoms with Crippen molar-refractivity contribution in [1.82, 2.24) is 10.3 Å². The molecule has 0 aliphatic rings. The number of aryl methyl sites for hydroxylation is 1. The Morgan fingerprint density at radius 2 is 2.08 bits per heavy atom. The number of carbonyl (C=O) groups excluding carboxylic acids is 2. The van der Waals surface area contributed by atoms with E-state index in [1.54, 1.807) is 43.6 Å². The van der Waals surface area contributed by atoms with Gasteiger partial charge in [0.25, 0.3) is 5.91 Å². The van der Waals surface area contributed by atoms with Gasteiger partial charge in [-0.15, -0.1) is 11.3 Å². The number of fused-ring (bicyclic) bond motifs is 1. The zero-order valence-electron chi connectivity index (χ0n) is 13.5. The van der Waals surface area contributed by atoms with Crippen molar-refractivity contribution in [3.8, 4) is 0 Å². The van der Waals surface area contributed by atoms with E-state index in [0.717, 1.165) is 4.70 Å². The van der Waals surface area contributed by atoms with E-state index in [1.807, 2.05) is 0 Å². The quantitative estimate of drug-likeness (QED) is 0.734. The Morgan fingerprint density at radius 1 is 1.24 bits per heavy atom. The molecule has 0 aliphatic heterocycles. The summed E-state index contributed by atoms with van der Waals surface area (Å²) in [7, 11) is 0. The second-order valence-electron chi connectivity index (χ2n) is 5.46. The van der Waals surface area contributed by atoms with Crippen molar-refractivity contribution in [2.45, 2.75) is 13.3 Å². The van der Waals surface area contributed by atoms with Crippen molar-refractivity contribution in [3.05, 3.63) is 59.0 Å². The lowest BCUT2D eigenvalue weighted by molar-refractivity contribution is -0.116. The number of benzene rings is 1. The summed E-state index contributed by atoms with van der Waals surface area (Å²) >= 11 is 1.25. The molecule has 0 fully saturated rings. The fourth-order valence-corrected chi connectivity index (χ4v) is 3.64. The van der Waals surface area contributed by atoms with Gasteiger partial charge in [-0.05, 0) is 36.8 Å². The van der Waals surface area contributed by atoms with Crippen molar-refractivity contribution < 1.29 is 14.0 Å². The lowest BCUT2D eigenvalue weighted by Gasteiger charge is -2.06. The molecule has 0 bridgehead atoms. The SMILES string of the molecule is Cc1c(C(=O)NCCC(=O)Nc2cccnc2)sc2cccc(F)c12. The first-order valence-electron chi connectivity index (χ1n) is 7.72. The highest BCUT2D eigenvalue weighted by Crippen LogP contribution is 2.32. The van der Waals surface area contributed by atoms with Gasteiger partial charge < -0.3 is 10.6 Å². The number of nitrogens with one attached hydrogen (secondary N) is 2. The number of anilines is 1. The lowest BCUT2D eigenvalue weighted by atomic mass is 10.1. The highest BCUT2D eigenvalue weighted by Gasteiger charge is 2.17. The van der Waals surface area contributed by atoms with Crippen LogP contribution in [-0.2, 0) is 4.79 Å². The topological polar surface area (TPSA) is 71.1 Å². The van der Waals surface area contributed by atoms with E-state index in [2.05, 4.69) is 15.6 Å². The molecule has 0 spiro atoms. The van der Waals surface area contributed by atoms with Crippen LogP contribution in [0.1, 0.15) is 21.7 Å². The smallest absolute Gasteiger partial charge is 0.261 e. The lowest BCUT2D eigenvalue weighted by Crippen LogP contribution is -2.27. The van der Waals surface area contributed by atoms with Gasteiger partial charge in [-0.25, -0.2) is 4.39 Å². The van der Waals surface area contributed by atoms with Crippen LogP contribution in [0.25, 0.3) is 10.1 Å². The number of rotatable bonds is 5. The summed E-state index contributed by atoms with van der Waals surface area (Å²) in [6.07, 6.45) is 3.30. The zero-order chi connectivity index (χ0) is 17.8. The molecule has 0 saturated heterocycles. The number of nitrogens with zero attached hydrogens (tertiary/aromatic N) is 1. The first-order chi connectivity index (χ1) is 12.1. The maximum Gasteiger partial charge on any atom is 0.261 e. The predicted molar refractivity (Wildman–Crippen MR) is 96.3 cm³/mol. The van der Waals surface area contributed by atoms with E-state index < -0.39 is 0 Å². The first kappa shape index (κ1) is 17.0. The molecule has 7 heteroatoms. The van der Waals surface area contributed by atoms with Gasteiger partial charge in [-0.1, -0.05) is 6.07 Å². The standard InChI is InChI=1S/C18H16FN3O2S/c1-11-16-13(19)5-2-6-14(16)25-17(11)18(24)21-9-7-15(23)22-12-4-3-8-20-10-12/h2-6,8,10H,7,9H2,1H3,(H,21,24)(H,22,23). The minimum absolute atomic E-state index is 0.138. The van der Waals surface area contributed by atoms with Crippen LogP contribution < -0.4 is 10.6 Å². The van der Waals surface area contributed by atoms with E-state index in [0.29, 0.717) is 21.5 Å². The third kappa shape index (κ3) is 3.83. The van der Waals surface area contributed by atoms with E-state index in [-0.39, 0.29) is 30.6 Å². The van der Waals surface area contributed by atoms with Crippen LogP contribution in [0.4, 0.5) is 10.1 Å². The largest absolute Gasteiger partial charge is 0.351 e. The molecule has 3 rings (SSSR count). The van der Waals surface area contributed by atoms with E-state index in [4.69, 9.17) is 0 Å². The highest BCUT2D eigenvalue weighted by molar-refractivity contribution is 7.21. The Morgan fingerprint density at radius 3 is 2.80 bits per heavy atom. The Bertz CT molecular complexity index is 925. The van der Waals surface area contributed by atoms with Gasteiger partial charge >= 0.3 is 0 Å². The van der Waals surface area contributed by atoms with E-state index in [9.17, 15) is 14.0 Å². The average molecular weight is 357 g/mol. The summed E-state index contributed by atoms with van der Waals surface area (Å²) in [6, 6.07) is 8.25. The van der Waals surface area contributed by atoms with Crippen molar-refractivity contribution in [1.29, 1.82) is 0 Å². The number of hydrogen-bond acceptors (Lipinski definition) is 4. The third-order valence-electron chi connectivity index (χ3n) is 3.69. The zero-order valence-corrected chi connectivity index (χ0v) is 14.3. The first-order valence-corrected chi connectivity index (χ1v) is 8.53. The number of pyridine rings is 1. The normalized spacial score (nSPS) is 10.6. The van der Waals surface area contributed by atoms with Crippen molar-refractivity contribution in [2.75, 3.05) is 11.9 Å². The van der Waals surface area contributed by atoms with Crippen LogP contribution in [-0.4, -0.2) is 23.3 Å². The number of thiophene rings is 1. The van der Waals surface area contributed by atoms with Crippen molar-refractivity contribution >= 4 is 38.9 Å². The van der Waals surface area contributed by atoms with Gasteiger partial charge in [0.1, 0.15) is 5.82 Å². The van der Waals surface area contributed by atoms with Crippen molar-refractivity contribution in [3.63, 3.8) is 0 Å². The molecule has 0 aliphatic carbocycles. The number of amides is 2. The van der Waals surface area contributed by atoms with Crippen molar-refractivity contribution in [2.24, 2.45) is 0 Å². The number of halogens is 1. The molecule has 0 saturated carbocycles. The summed E-state index contributed by atoms with van der Waals surface area (Å²) in [5, 5.41) is 5.88. The molecule has 0 radical (unpaired) electrons. The van der Waals surface area contributed by atoms with Crippen LogP contribution in [0.5, 0.6) is 0 Å². The second kappa shape index (κ2) is 7.40. The molecule has 2 heterocycles. The Kier molecular flexibility index (Phi) is 5.04. The maximum absolute atomic E-state index is 13.9. The molecular formula is C18H16FN3O2S. The van der Waals surface area contributed by atoms with Gasteiger partial charge in [0.2, 0.25) is 5.91 Å². The van der Waals surface area contributed by atoms with Gasteiger partial charge in [0.15, 0.2) is 0 Å². The van der Waals surface area contributed by atoms with E-state index >= 15 is 0 Å². The summed E-state index contributed by atoms with van der Waals surface area (Å²) < 4.78 is 14.6. The molecule has 1 aromatic carbocycles. The summed E-state index contributed by atoms with van der Waals surface area (Å²) in [6.45, 7) is 1.92. The molecule has 2 N–H and O–H groups in total. The minimum atomic E-state index is -0.332. The maximum atomic E-state index is 13.9. The summed E-state index contributed by atoms with van der Waals surface area (Å²) in [5.74, 6) is -0.846. The Labute approximate surface area is 147 Å². The predicted octanol–water partition coefficient (Wildman–Crippen LogP) is 3.50. The minimum Gasteiger partial charge on any atom is -0.351 e. The van der Waals surface area contributed by atoms with E-state index in [1.165, 1.54) is 17.4 Å². The number of aromatic nitrogens is 1. The third-order valence-corrected chi connectivity index (χ3v) is 4.95. The molecule has 0 atom stereocenters. The van der Waals surface area contributed by atoms with Crippen LogP contribution in [0.2, 0.25) is 0 Å². The molecule has 0 unspecified atom stereocenters. The fraction of sp³-hybridized carbons (Fsp3) is 0.167. The molecule has 5 nitrogen and oxygen atoms in total. The van der Waals surface area contributed by atoms with Crippen LogP contribution in [0.15, 0.2) is 42.7 Å². The number of hydrogen-bond donors (Lipinski definition) is 2. The monoisotopic (exact) mass is 357 g/mol.